The zero-order valence-corrected chi connectivity index (χ0v) is 53.3. The highest BCUT2D eigenvalue weighted by Gasteiger charge is 2.19. The summed E-state index contributed by atoms with van der Waals surface area (Å²) in [5, 5.41) is 0. The van der Waals surface area contributed by atoms with Crippen LogP contribution in [0.1, 0.15) is 329 Å². The molecule has 0 aliphatic heterocycles. The van der Waals surface area contributed by atoms with Gasteiger partial charge in [-0.1, -0.05) is 297 Å². The summed E-state index contributed by atoms with van der Waals surface area (Å²) in [5.74, 6) is -0.913. The number of ether oxygens (including phenoxy) is 3. The third kappa shape index (κ3) is 66.8. The first kappa shape index (κ1) is 77.1. The van der Waals surface area contributed by atoms with Crippen LogP contribution in [0, 0.1) is 0 Å². The van der Waals surface area contributed by atoms with Crippen molar-refractivity contribution in [1.82, 2.24) is 0 Å². The van der Waals surface area contributed by atoms with Crippen LogP contribution in [0.4, 0.5) is 0 Å². The number of hydrogen-bond acceptors (Lipinski definition) is 6. The highest BCUT2D eigenvalue weighted by atomic mass is 16.6. The average molecular weight is 1130 g/mol. The Bertz CT molecular complexity index is 1620. The van der Waals surface area contributed by atoms with Crippen molar-refractivity contribution >= 4 is 17.9 Å². The van der Waals surface area contributed by atoms with Crippen molar-refractivity contribution in [3.05, 3.63) is 109 Å². The molecular weight excluding hydrogens is 997 g/mol. The van der Waals surface area contributed by atoms with Gasteiger partial charge in [-0.2, -0.15) is 0 Å². The van der Waals surface area contributed by atoms with E-state index in [4.69, 9.17) is 14.2 Å². The van der Waals surface area contributed by atoms with E-state index >= 15 is 0 Å². The van der Waals surface area contributed by atoms with E-state index in [0.29, 0.717) is 19.3 Å². The first-order valence-corrected chi connectivity index (χ1v) is 34.4. The van der Waals surface area contributed by atoms with E-state index < -0.39 is 6.10 Å². The summed E-state index contributed by atoms with van der Waals surface area (Å²) in [6.45, 7) is 6.41. The van der Waals surface area contributed by atoms with Crippen LogP contribution in [-0.4, -0.2) is 37.2 Å². The summed E-state index contributed by atoms with van der Waals surface area (Å²) < 4.78 is 16.9. The normalized spacial score (nSPS) is 12.8. The van der Waals surface area contributed by atoms with E-state index in [0.717, 1.165) is 128 Å². The summed E-state index contributed by atoms with van der Waals surface area (Å²) >= 11 is 0. The van der Waals surface area contributed by atoms with E-state index in [2.05, 4.69) is 130 Å². The molecule has 1 atom stereocenters. The number of rotatable bonds is 62. The minimum Gasteiger partial charge on any atom is -0.462 e. The molecule has 0 radical (unpaired) electrons. The van der Waals surface area contributed by atoms with Gasteiger partial charge in [0.1, 0.15) is 13.2 Å². The molecule has 0 aromatic rings. The molecule has 6 nitrogen and oxygen atoms in total. The van der Waals surface area contributed by atoms with Gasteiger partial charge in [0.25, 0.3) is 0 Å². The summed E-state index contributed by atoms with van der Waals surface area (Å²) in [4.78, 5) is 38.4. The zero-order chi connectivity index (χ0) is 58.5. The van der Waals surface area contributed by atoms with Gasteiger partial charge in [-0.05, 0) is 122 Å². The van der Waals surface area contributed by atoms with Crippen LogP contribution in [0.15, 0.2) is 109 Å². The molecule has 6 heteroatoms. The van der Waals surface area contributed by atoms with E-state index in [9.17, 15) is 14.4 Å². The fourth-order valence-corrected chi connectivity index (χ4v) is 9.66. The Morgan fingerprint density at radius 2 is 0.481 bits per heavy atom. The molecule has 0 aromatic carbocycles. The third-order valence-electron chi connectivity index (χ3n) is 14.7. The number of carbonyl (C=O) groups is 3. The largest absolute Gasteiger partial charge is 0.462 e. The van der Waals surface area contributed by atoms with Crippen LogP contribution in [0.5, 0.6) is 0 Å². The van der Waals surface area contributed by atoms with E-state index in [-0.39, 0.29) is 31.1 Å². The molecule has 0 saturated carbocycles. The smallest absolute Gasteiger partial charge is 0.306 e. The van der Waals surface area contributed by atoms with Crippen molar-refractivity contribution in [3.8, 4) is 0 Å². The molecule has 0 aromatic heterocycles. The van der Waals surface area contributed by atoms with E-state index in [1.807, 2.05) is 0 Å². The van der Waals surface area contributed by atoms with Crippen molar-refractivity contribution in [2.75, 3.05) is 13.2 Å². The topological polar surface area (TPSA) is 78.9 Å². The lowest BCUT2D eigenvalue weighted by Crippen LogP contribution is -2.30. The molecule has 0 aliphatic rings. The molecule has 0 N–H and O–H groups in total. The van der Waals surface area contributed by atoms with Crippen LogP contribution in [0.2, 0.25) is 0 Å². The van der Waals surface area contributed by atoms with Crippen molar-refractivity contribution in [2.24, 2.45) is 0 Å². The number of esters is 3. The molecule has 0 amide bonds. The summed E-state index contributed by atoms with van der Waals surface area (Å²) in [6.07, 6.45) is 94.0. The number of allylic oxidation sites excluding steroid dienone is 18. The fraction of sp³-hybridized carbons (Fsp3) is 0.720. The van der Waals surface area contributed by atoms with Gasteiger partial charge in [0.2, 0.25) is 0 Å². The molecule has 0 saturated heterocycles. The van der Waals surface area contributed by atoms with E-state index in [1.54, 1.807) is 0 Å². The monoisotopic (exact) mass is 1120 g/mol. The van der Waals surface area contributed by atoms with Crippen LogP contribution in [-0.2, 0) is 28.6 Å². The Kier molecular flexibility index (Phi) is 65.2. The Hall–Kier alpha value is -3.93. The summed E-state index contributed by atoms with van der Waals surface area (Å²) in [7, 11) is 0. The maximum Gasteiger partial charge on any atom is 0.306 e. The van der Waals surface area contributed by atoms with Gasteiger partial charge in [-0.15, -0.1) is 0 Å². The first-order valence-electron chi connectivity index (χ1n) is 34.4. The molecule has 0 heterocycles. The van der Waals surface area contributed by atoms with Gasteiger partial charge in [0, 0.05) is 19.3 Å². The van der Waals surface area contributed by atoms with Gasteiger partial charge in [-0.3, -0.25) is 14.4 Å². The number of carbonyl (C=O) groups excluding carboxylic acids is 3. The third-order valence-corrected chi connectivity index (χ3v) is 14.7. The molecule has 0 aliphatic carbocycles. The minimum atomic E-state index is -0.798. The Morgan fingerprint density at radius 3 is 0.753 bits per heavy atom. The van der Waals surface area contributed by atoms with Crippen LogP contribution >= 0.6 is 0 Å². The highest BCUT2D eigenvalue weighted by Crippen LogP contribution is 2.17. The van der Waals surface area contributed by atoms with Crippen molar-refractivity contribution in [2.45, 2.75) is 335 Å². The Morgan fingerprint density at radius 1 is 0.259 bits per heavy atom. The number of unbranched alkanes of at least 4 members (excludes halogenated alkanes) is 33. The van der Waals surface area contributed by atoms with Gasteiger partial charge >= 0.3 is 17.9 Å². The Labute approximate surface area is 501 Å². The molecule has 0 fully saturated rings. The minimum absolute atomic E-state index is 0.0905. The molecule has 464 valence electrons. The lowest BCUT2D eigenvalue weighted by molar-refractivity contribution is -0.167. The molecule has 1 unspecified atom stereocenters. The predicted octanol–water partition coefficient (Wildman–Crippen LogP) is 23.8. The van der Waals surface area contributed by atoms with Crippen LogP contribution < -0.4 is 0 Å². The molecule has 81 heavy (non-hydrogen) atoms. The van der Waals surface area contributed by atoms with Gasteiger partial charge < -0.3 is 14.2 Å². The van der Waals surface area contributed by atoms with Crippen molar-refractivity contribution in [3.63, 3.8) is 0 Å². The predicted molar refractivity (Wildman–Crippen MR) is 353 cm³/mol. The lowest BCUT2D eigenvalue weighted by Gasteiger charge is -2.18. The van der Waals surface area contributed by atoms with Crippen molar-refractivity contribution < 1.29 is 28.6 Å². The van der Waals surface area contributed by atoms with Gasteiger partial charge in [0.05, 0.1) is 0 Å². The second-order valence-electron chi connectivity index (χ2n) is 22.7. The molecule has 0 spiro atoms. The second kappa shape index (κ2) is 68.6. The first-order chi connectivity index (χ1) is 40.0. The van der Waals surface area contributed by atoms with Gasteiger partial charge in [-0.25, -0.2) is 0 Å². The second-order valence-corrected chi connectivity index (χ2v) is 22.7. The van der Waals surface area contributed by atoms with Gasteiger partial charge in [0.15, 0.2) is 6.10 Å². The maximum absolute atomic E-state index is 12.9. The summed E-state index contributed by atoms with van der Waals surface area (Å²) in [5.41, 5.74) is 0. The van der Waals surface area contributed by atoms with E-state index in [1.165, 1.54) is 161 Å². The highest BCUT2D eigenvalue weighted by molar-refractivity contribution is 5.71. The number of hydrogen-bond donors (Lipinski definition) is 0. The quantitative estimate of drug-likeness (QED) is 0.0261. The SMILES string of the molecule is CC/C=C\C/C=C\C/C=C\C/C=C\CCCCCCC(=O)OC(COC(=O)CCCCCCCCC/C=C\C/C=C\C/C=C\CC)COC(=O)CCCCCCCCCCCCCCCCCCC/C=C\C/C=C\CCCCCCC. The maximum atomic E-state index is 12.9. The molecular formula is C75H128O6. The molecule has 0 rings (SSSR count). The van der Waals surface area contributed by atoms with Crippen molar-refractivity contribution in [1.29, 1.82) is 0 Å². The van der Waals surface area contributed by atoms with Crippen LogP contribution in [0.25, 0.3) is 0 Å². The standard InChI is InChI=1S/C75H128O6/c1-4-7-10-13-16-19-22-25-28-31-32-33-34-35-36-37-38-39-40-41-42-45-47-50-53-56-59-62-65-68-74(77)80-71-72(81-75(78)69-66-63-60-57-54-51-48-44-30-27-24-21-18-15-12-9-6-3)70-79-73(76)67-64-61-58-55-52-49-46-43-29-26-23-20-17-14-11-8-5-2/h8-9,11-12,17-18,20-22,25-27,29-32,48,51,72H,4-7,10,13-16,19,23-24,28,33-47,49-50,52-71H2,1-3H3/b11-8-,12-9-,20-17-,21-18-,25-22-,29-26-,30-27-,32-31-,51-48-. The van der Waals surface area contributed by atoms with Crippen LogP contribution in [0.3, 0.4) is 0 Å². The summed E-state index contributed by atoms with van der Waals surface area (Å²) in [6, 6.07) is 0. The molecule has 0 bridgehead atoms. The fourth-order valence-electron chi connectivity index (χ4n) is 9.66. The zero-order valence-electron chi connectivity index (χ0n) is 53.3. The Balaban J connectivity index is 4.30. The lowest BCUT2D eigenvalue weighted by atomic mass is 10.0. The average Bonchev–Trinajstić information content (AvgIpc) is 3.47.